The lowest BCUT2D eigenvalue weighted by atomic mass is 9.80. The van der Waals surface area contributed by atoms with E-state index >= 15 is 0 Å². The van der Waals surface area contributed by atoms with Gasteiger partial charge in [0.05, 0.1) is 11.5 Å². The number of ether oxygens (including phenoxy) is 3. The van der Waals surface area contributed by atoms with Crippen LogP contribution in [0.3, 0.4) is 0 Å². The second kappa shape index (κ2) is 8.93. The third kappa shape index (κ3) is 4.73. The van der Waals surface area contributed by atoms with Gasteiger partial charge in [0.25, 0.3) is 0 Å². The van der Waals surface area contributed by atoms with Gasteiger partial charge in [-0.05, 0) is 68.1 Å². The maximum Gasteiger partial charge on any atom is 0.338 e. The minimum atomic E-state index is -0.430. The van der Waals surface area contributed by atoms with Gasteiger partial charge in [-0.25, -0.2) is 4.79 Å². The Kier molecular flexibility index (Phi) is 6.26. The molecule has 1 aliphatic carbocycles. The van der Waals surface area contributed by atoms with Gasteiger partial charge < -0.3 is 14.2 Å². The van der Waals surface area contributed by atoms with E-state index in [0.29, 0.717) is 40.6 Å². The summed E-state index contributed by atoms with van der Waals surface area (Å²) in [5.74, 6) is -0.125. The van der Waals surface area contributed by atoms with E-state index < -0.39 is 5.97 Å². The third-order valence-corrected chi connectivity index (χ3v) is 6.48. The van der Waals surface area contributed by atoms with Crippen LogP contribution < -0.4 is 4.74 Å². The van der Waals surface area contributed by atoms with E-state index in [0.717, 1.165) is 11.1 Å². The zero-order chi connectivity index (χ0) is 22.1. The maximum absolute atomic E-state index is 13.0. The highest BCUT2D eigenvalue weighted by atomic mass is 35.5. The van der Waals surface area contributed by atoms with E-state index in [2.05, 4.69) is 0 Å². The molecule has 3 unspecified atom stereocenters. The Morgan fingerprint density at radius 2 is 1.84 bits per heavy atom. The molecule has 0 amide bonds. The Hall–Kier alpha value is -2.50. The summed E-state index contributed by atoms with van der Waals surface area (Å²) in [6.07, 6.45) is 2.28. The van der Waals surface area contributed by atoms with Crippen molar-refractivity contribution < 1.29 is 23.8 Å². The molecule has 0 saturated heterocycles. The lowest BCUT2D eigenvalue weighted by Gasteiger charge is -2.36. The fourth-order valence-corrected chi connectivity index (χ4v) is 4.34. The Balaban J connectivity index is 1.41. The Bertz CT molecular complexity index is 1040. The number of carbonyl (C=O) groups is 2. The summed E-state index contributed by atoms with van der Waals surface area (Å²) in [5, 5.41) is 1.15. The van der Waals surface area contributed by atoms with Gasteiger partial charge in [0.1, 0.15) is 24.2 Å². The van der Waals surface area contributed by atoms with Crippen LogP contribution in [0.4, 0.5) is 0 Å². The average Bonchev–Trinajstić information content (AvgIpc) is 2.74. The van der Waals surface area contributed by atoms with Crippen molar-refractivity contribution in [2.24, 2.45) is 5.92 Å². The molecule has 31 heavy (non-hydrogen) atoms. The van der Waals surface area contributed by atoms with Crippen LogP contribution in [0.5, 0.6) is 5.75 Å². The minimum absolute atomic E-state index is 0.0962. The number of benzene rings is 2. The van der Waals surface area contributed by atoms with Crippen LogP contribution in [-0.2, 0) is 14.3 Å². The monoisotopic (exact) mass is 460 g/mol. The summed E-state index contributed by atoms with van der Waals surface area (Å²) < 4.78 is 17.3. The van der Waals surface area contributed by atoms with Crippen molar-refractivity contribution in [2.75, 3.05) is 0 Å². The molecule has 7 heteroatoms. The van der Waals surface area contributed by atoms with Crippen molar-refractivity contribution >= 4 is 35.0 Å². The molecule has 1 fully saturated rings. The largest absolute Gasteiger partial charge is 0.493 e. The van der Waals surface area contributed by atoms with Crippen LogP contribution in [0.15, 0.2) is 48.4 Å². The quantitative estimate of drug-likeness (QED) is 0.537. The van der Waals surface area contributed by atoms with Crippen LogP contribution in [0.1, 0.15) is 40.7 Å². The number of halogens is 2. The number of allylic oxidation sites excluding steroid dienone is 1. The summed E-state index contributed by atoms with van der Waals surface area (Å²) in [6, 6.07) is 10.2. The highest BCUT2D eigenvalue weighted by Gasteiger charge is 2.42. The molecule has 5 nitrogen and oxygen atoms in total. The summed E-state index contributed by atoms with van der Waals surface area (Å²) in [4.78, 5) is 25.4. The van der Waals surface area contributed by atoms with Gasteiger partial charge in [0.15, 0.2) is 0 Å². The topological polar surface area (TPSA) is 61.8 Å². The number of hydrogen-bond acceptors (Lipinski definition) is 5. The van der Waals surface area contributed by atoms with Gasteiger partial charge in [-0.15, -0.1) is 0 Å². The van der Waals surface area contributed by atoms with E-state index in [1.807, 2.05) is 13.8 Å². The second-order valence-electron chi connectivity index (χ2n) is 7.95. The first-order chi connectivity index (χ1) is 14.8. The normalized spacial score (nSPS) is 22.8. The van der Waals surface area contributed by atoms with Crippen molar-refractivity contribution in [1.82, 2.24) is 0 Å². The molecule has 1 aliphatic heterocycles. The van der Waals surface area contributed by atoms with E-state index in [-0.39, 0.29) is 29.7 Å². The van der Waals surface area contributed by atoms with Crippen LogP contribution in [0.25, 0.3) is 0 Å². The van der Waals surface area contributed by atoms with E-state index in [1.54, 1.807) is 36.4 Å². The summed E-state index contributed by atoms with van der Waals surface area (Å²) >= 11 is 12.1. The van der Waals surface area contributed by atoms with Gasteiger partial charge in [-0.3, -0.25) is 4.79 Å². The number of fused-ring (bicyclic) bond motifs is 1. The molecular formula is C24H22Cl2O5. The fourth-order valence-electron chi connectivity index (χ4n) is 4.04. The smallest absolute Gasteiger partial charge is 0.338 e. The molecule has 0 spiro atoms. The number of ketones is 1. The molecule has 0 N–H and O–H groups in total. The van der Waals surface area contributed by atoms with Crippen molar-refractivity contribution in [3.8, 4) is 5.75 Å². The first-order valence-electron chi connectivity index (χ1n) is 10.1. The first kappa shape index (κ1) is 21.7. The van der Waals surface area contributed by atoms with Gasteiger partial charge in [0.2, 0.25) is 11.5 Å². The van der Waals surface area contributed by atoms with Gasteiger partial charge in [0, 0.05) is 16.5 Å². The number of Topliss-reactive ketones (excluding diaryl/α,β-unsaturated/α-hetero) is 1. The molecule has 3 atom stereocenters. The van der Waals surface area contributed by atoms with Crippen molar-refractivity contribution in [3.63, 3.8) is 0 Å². The molecule has 2 aromatic carbocycles. The molecule has 0 bridgehead atoms. The van der Waals surface area contributed by atoms with E-state index in [9.17, 15) is 9.59 Å². The SMILES string of the molecule is Cc1cc(OC2=COC3CC(OC(=O)c4cccc(Cl)c4)CCC3C2=O)cc(C)c1Cl. The number of aryl methyl sites for hydroxylation is 2. The highest BCUT2D eigenvalue weighted by Crippen LogP contribution is 2.36. The van der Waals surface area contributed by atoms with Crippen molar-refractivity contribution in [2.45, 2.75) is 45.3 Å². The Morgan fingerprint density at radius 1 is 1.10 bits per heavy atom. The molecule has 0 radical (unpaired) electrons. The van der Waals surface area contributed by atoms with Gasteiger partial charge in [-0.2, -0.15) is 0 Å². The molecule has 162 valence electrons. The maximum atomic E-state index is 13.0. The predicted octanol–water partition coefficient (Wildman–Crippen LogP) is 5.82. The summed E-state index contributed by atoms with van der Waals surface area (Å²) in [6.45, 7) is 3.77. The average molecular weight is 461 g/mol. The van der Waals surface area contributed by atoms with Crippen LogP contribution in [-0.4, -0.2) is 24.0 Å². The molecule has 1 saturated carbocycles. The van der Waals surface area contributed by atoms with E-state index in [4.69, 9.17) is 37.4 Å². The summed E-state index contributed by atoms with van der Waals surface area (Å²) in [7, 11) is 0. The molecule has 1 heterocycles. The third-order valence-electron chi connectivity index (χ3n) is 5.64. The molecule has 2 aromatic rings. The number of esters is 1. The van der Waals surface area contributed by atoms with Gasteiger partial charge in [-0.1, -0.05) is 29.3 Å². The van der Waals surface area contributed by atoms with Crippen LogP contribution >= 0.6 is 23.2 Å². The highest BCUT2D eigenvalue weighted by molar-refractivity contribution is 6.32. The summed E-state index contributed by atoms with van der Waals surface area (Å²) in [5.41, 5.74) is 2.15. The number of carbonyl (C=O) groups excluding carboxylic acids is 2. The molecule has 2 aliphatic rings. The van der Waals surface area contributed by atoms with Crippen molar-refractivity contribution in [3.05, 3.63) is 75.2 Å². The minimum Gasteiger partial charge on any atom is -0.493 e. The molecule has 4 rings (SSSR count). The first-order valence-corrected chi connectivity index (χ1v) is 10.9. The van der Waals surface area contributed by atoms with Crippen molar-refractivity contribution in [1.29, 1.82) is 0 Å². The Morgan fingerprint density at radius 3 is 2.55 bits per heavy atom. The lowest BCUT2D eigenvalue weighted by Crippen LogP contribution is -2.43. The zero-order valence-corrected chi connectivity index (χ0v) is 18.7. The number of hydrogen-bond donors (Lipinski definition) is 0. The predicted molar refractivity (Wildman–Crippen MR) is 118 cm³/mol. The number of rotatable bonds is 4. The molecular weight excluding hydrogens is 439 g/mol. The van der Waals surface area contributed by atoms with Gasteiger partial charge >= 0.3 is 5.97 Å². The molecule has 0 aromatic heterocycles. The van der Waals surface area contributed by atoms with Crippen LogP contribution in [0, 0.1) is 19.8 Å². The zero-order valence-electron chi connectivity index (χ0n) is 17.2. The Labute approximate surface area is 190 Å². The fraction of sp³-hybridized carbons (Fsp3) is 0.333. The standard InChI is InChI=1S/C24H22Cl2O5/c1-13-8-18(9-14(2)22(13)26)30-21-12-29-20-11-17(6-7-19(20)23(21)27)31-24(28)15-4-3-5-16(25)10-15/h3-5,8-10,12,17,19-20H,6-7,11H2,1-2H3. The van der Waals surface area contributed by atoms with Crippen LogP contribution in [0.2, 0.25) is 10.0 Å². The lowest BCUT2D eigenvalue weighted by molar-refractivity contribution is -0.132. The van der Waals surface area contributed by atoms with E-state index in [1.165, 1.54) is 6.26 Å². The second-order valence-corrected chi connectivity index (χ2v) is 8.77.